The van der Waals surface area contributed by atoms with Crippen molar-refractivity contribution in [1.29, 1.82) is 0 Å². The summed E-state index contributed by atoms with van der Waals surface area (Å²) in [5.74, 6) is 0.627. The first-order valence-corrected chi connectivity index (χ1v) is 5.51. The SMILES string of the molecule is OCCOCCNc1nc(Cl)ncc1Br. The van der Waals surface area contributed by atoms with Crippen LogP contribution in [-0.4, -0.2) is 41.4 Å². The molecule has 0 saturated heterocycles. The number of anilines is 1. The van der Waals surface area contributed by atoms with E-state index in [0.29, 0.717) is 25.6 Å². The molecule has 1 aromatic heterocycles. The van der Waals surface area contributed by atoms with Crippen molar-refractivity contribution in [1.82, 2.24) is 9.97 Å². The Labute approximate surface area is 101 Å². The van der Waals surface area contributed by atoms with E-state index < -0.39 is 0 Å². The molecular weight excluding hydrogens is 285 g/mol. The van der Waals surface area contributed by atoms with Crippen LogP contribution in [0.4, 0.5) is 5.82 Å². The van der Waals surface area contributed by atoms with Crippen molar-refractivity contribution in [2.75, 3.05) is 31.7 Å². The molecule has 0 aliphatic rings. The molecule has 0 amide bonds. The van der Waals surface area contributed by atoms with Crippen molar-refractivity contribution in [2.45, 2.75) is 0 Å². The monoisotopic (exact) mass is 295 g/mol. The van der Waals surface area contributed by atoms with Crippen molar-refractivity contribution in [3.63, 3.8) is 0 Å². The van der Waals surface area contributed by atoms with Gasteiger partial charge in [-0.05, 0) is 27.5 Å². The van der Waals surface area contributed by atoms with Crippen LogP contribution < -0.4 is 5.32 Å². The second kappa shape index (κ2) is 6.95. The van der Waals surface area contributed by atoms with E-state index in [9.17, 15) is 0 Å². The maximum Gasteiger partial charge on any atom is 0.224 e. The summed E-state index contributed by atoms with van der Waals surface area (Å²) in [6.45, 7) is 1.46. The molecule has 0 aliphatic carbocycles. The first-order chi connectivity index (χ1) is 7.24. The second-order valence-corrected chi connectivity index (χ2v) is 3.79. The first-order valence-electron chi connectivity index (χ1n) is 4.34. The summed E-state index contributed by atoms with van der Waals surface area (Å²) in [7, 11) is 0. The fourth-order valence-electron chi connectivity index (χ4n) is 0.878. The Hall–Kier alpha value is -0.430. The van der Waals surface area contributed by atoms with Gasteiger partial charge >= 0.3 is 0 Å². The van der Waals surface area contributed by atoms with E-state index in [1.54, 1.807) is 6.20 Å². The molecule has 1 aromatic rings. The average Bonchev–Trinajstić information content (AvgIpc) is 2.23. The van der Waals surface area contributed by atoms with Gasteiger partial charge in [0.25, 0.3) is 0 Å². The van der Waals surface area contributed by atoms with E-state index >= 15 is 0 Å². The number of ether oxygens (including phenoxy) is 1. The molecule has 1 rings (SSSR count). The van der Waals surface area contributed by atoms with Crippen LogP contribution in [-0.2, 0) is 4.74 Å². The number of nitrogens with one attached hydrogen (secondary N) is 1. The average molecular weight is 297 g/mol. The van der Waals surface area contributed by atoms with E-state index in [1.165, 1.54) is 0 Å². The third kappa shape index (κ3) is 4.74. The maximum absolute atomic E-state index is 8.47. The minimum absolute atomic E-state index is 0.0308. The Morgan fingerprint density at radius 3 is 3.07 bits per heavy atom. The summed E-state index contributed by atoms with van der Waals surface area (Å²) in [6.07, 6.45) is 1.58. The molecular formula is C8H11BrClN3O2. The van der Waals surface area contributed by atoms with E-state index in [1.807, 2.05) is 0 Å². The number of hydrogen-bond donors (Lipinski definition) is 2. The van der Waals surface area contributed by atoms with Gasteiger partial charge in [-0.25, -0.2) is 4.98 Å². The van der Waals surface area contributed by atoms with Crippen LogP contribution in [0.25, 0.3) is 0 Å². The van der Waals surface area contributed by atoms with Gasteiger partial charge in [0, 0.05) is 12.7 Å². The fourth-order valence-corrected chi connectivity index (χ4v) is 1.34. The topological polar surface area (TPSA) is 67.3 Å². The lowest BCUT2D eigenvalue weighted by molar-refractivity contribution is 0.0992. The molecule has 0 bridgehead atoms. The fraction of sp³-hybridized carbons (Fsp3) is 0.500. The lowest BCUT2D eigenvalue weighted by Crippen LogP contribution is -2.12. The minimum atomic E-state index is 0.0308. The van der Waals surface area contributed by atoms with Crippen molar-refractivity contribution >= 4 is 33.3 Å². The van der Waals surface area contributed by atoms with Crippen LogP contribution in [0.2, 0.25) is 5.28 Å². The van der Waals surface area contributed by atoms with Crippen molar-refractivity contribution < 1.29 is 9.84 Å². The summed E-state index contributed by atoms with van der Waals surface area (Å²) in [5, 5.41) is 11.7. The van der Waals surface area contributed by atoms with Gasteiger partial charge < -0.3 is 15.2 Å². The zero-order chi connectivity index (χ0) is 11.1. The normalized spacial score (nSPS) is 10.3. The van der Waals surface area contributed by atoms with Gasteiger partial charge in [-0.2, -0.15) is 4.98 Å². The van der Waals surface area contributed by atoms with Crippen LogP contribution in [0.5, 0.6) is 0 Å². The number of nitrogens with zero attached hydrogens (tertiary/aromatic N) is 2. The number of hydrogen-bond acceptors (Lipinski definition) is 5. The summed E-state index contributed by atoms with van der Waals surface area (Å²) in [5.41, 5.74) is 0. The highest BCUT2D eigenvalue weighted by molar-refractivity contribution is 9.10. The standard InChI is InChI=1S/C8H11BrClN3O2/c9-6-5-12-8(10)13-7(6)11-1-3-15-4-2-14/h5,14H,1-4H2,(H,11,12,13). The number of rotatable bonds is 6. The molecule has 0 spiro atoms. The Balaban J connectivity index is 2.33. The molecule has 7 heteroatoms. The molecule has 0 radical (unpaired) electrons. The summed E-state index contributed by atoms with van der Waals surface area (Å²) < 4.78 is 5.81. The Bertz CT molecular complexity index is 314. The van der Waals surface area contributed by atoms with Gasteiger partial charge in [-0.1, -0.05) is 0 Å². The van der Waals surface area contributed by atoms with Gasteiger partial charge in [-0.3, -0.25) is 0 Å². The zero-order valence-corrected chi connectivity index (χ0v) is 10.3. The molecule has 0 saturated carbocycles. The van der Waals surface area contributed by atoms with Gasteiger partial charge in [0.05, 0.1) is 24.3 Å². The number of aromatic nitrogens is 2. The minimum Gasteiger partial charge on any atom is -0.394 e. The predicted octanol–water partition coefficient (Wildman–Crippen LogP) is 1.31. The Morgan fingerprint density at radius 2 is 2.33 bits per heavy atom. The molecule has 0 unspecified atom stereocenters. The summed E-state index contributed by atoms with van der Waals surface area (Å²) in [6, 6.07) is 0. The third-order valence-electron chi connectivity index (χ3n) is 1.49. The van der Waals surface area contributed by atoms with Crippen LogP contribution in [0.3, 0.4) is 0 Å². The highest BCUT2D eigenvalue weighted by atomic mass is 79.9. The van der Waals surface area contributed by atoms with Crippen LogP contribution in [0.15, 0.2) is 10.7 Å². The molecule has 15 heavy (non-hydrogen) atoms. The van der Waals surface area contributed by atoms with Crippen molar-refractivity contribution in [3.05, 3.63) is 16.0 Å². The molecule has 0 fully saturated rings. The molecule has 0 aliphatic heterocycles. The third-order valence-corrected chi connectivity index (χ3v) is 2.25. The number of aliphatic hydroxyl groups is 1. The Morgan fingerprint density at radius 1 is 1.53 bits per heavy atom. The quantitative estimate of drug-likeness (QED) is 0.612. The lowest BCUT2D eigenvalue weighted by atomic mass is 10.5. The van der Waals surface area contributed by atoms with E-state index in [2.05, 4.69) is 31.2 Å². The highest BCUT2D eigenvalue weighted by Crippen LogP contribution is 2.19. The largest absolute Gasteiger partial charge is 0.394 e. The zero-order valence-electron chi connectivity index (χ0n) is 7.91. The summed E-state index contributed by atoms with van der Waals surface area (Å²) >= 11 is 8.92. The highest BCUT2D eigenvalue weighted by Gasteiger charge is 2.02. The molecule has 0 aromatic carbocycles. The van der Waals surface area contributed by atoms with E-state index in [4.69, 9.17) is 21.4 Å². The molecule has 0 atom stereocenters. The second-order valence-electron chi connectivity index (χ2n) is 2.60. The van der Waals surface area contributed by atoms with Gasteiger partial charge in [-0.15, -0.1) is 0 Å². The summed E-state index contributed by atoms with van der Waals surface area (Å²) in [4.78, 5) is 7.78. The number of aliphatic hydroxyl groups excluding tert-OH is 1. The molecule has 1 heterocycles. The smallest absolute Gasteiger partial charge is 0.224 e. The van der Waals surface area contributed by atoms with E-state index in [-0.39, 0.29) is 11.9 Å². The Kier molecular flexibility index (Phi) is 5.85. The van der Waals surface area contributed by atoms with E-state index in [0.717, 1.165) is 4.47 Å². The van der Waals surface area contributed by atoms with Crippen LogP contribution >= 0.6 is 27.5 Å². The van der Waals surface area contributed by atoms with Gasteiger partial charge in [0.15, 0.2) is 0 Å². The maximum atomic E-state index is 8.47. The molecule has 2 N–H and O–H groups in total. The molecule has 84 valence electrons. The van der Waals surface area contributed by atoms with Crippen LogP contribution in [0, 0.1) is 0 Å². The first kappa shape index (κ1) is 12.6. The van der Waals surface area contributed by atoms with Crippen LogP contribution in [0.1, 0.15) is 0 Å². The van der Waals surface area contributed by atoms with Crippen molar-refractivity contribution in [3.8, 4) is 0 Å². The van der Waals surface area contributed by atoms with Gasteiger partial charge in [0.1, 0.15) is 5.82 Å². The van der Waals surface area contributed by atoms with Crippen molar-refractivity contribution in [2.24, 2.45) is 0 Å². The lowest BCUT2D eigenvalue weighted by Gasteiger charge is -2.07. The predicted molar refractivity (Wildman–Crippen MR) is 61.1 cm³/mol. The molecule has 5 nitrogen and oxygen atoms in total. The van der Waals surface area contributed by atoms with Gasteiger partial charge in [0.2, 0.25) is 5.28 Å². The number of halogens is 2.